The molecule has 112 valence electrons. The number of aryl methyl sites for hydroxylation is 1. The highest BCUT2D eigenvalue weighted by Gasteiger charge is 2.10. The molecule has 3 N–H and O–H groups in total. The first-order valence-corrected chi connectivity index (χ1v) is 6.94. The molecule has 22 heavy (non-hydrogen) atoms. The van der Waals surface area contributed by atoms with Crippen molar-refractivity contribution in [2.45, 2.75) is 19.4 Å². The normalized spacial score (nSPS) is 10.9. The van der Waals surface area contributed by atoms with Crippen LogP contribution in [-0.4, -0.2) is 25.3 Å². The minimum atomic E-state index is -0.325. The molecule has 7 nitrogen and oxygen atoms in total. The number of hydrogen-bond acceptors (Lipinski definition) is 5. The number of ketones is 1. The predicted octanol–water partition coefficient (Wildman–Crippen LogP) is 1.36. The number of aromatic amines is 1. The molecule has 0 spiro atoms. The van der Waals surface area contributed by atoms with Gasteiger partial charge in [0.15, 0.2) is 16.9 Å². The van der Waals surface area contributed by atoms with Gasteiger partial charge in [0.1, 0.15) is 0 Å². The molecule has 0 amide bonds. The summed E-state index contributed by atoms with van der Waals surface area (Å²) in [5, 5.41) is 0. The van der Waals surface area contributed by atoms with Gasteiger partial charge in [0.25, 0.3) is 5.56 Å². The van der Waals surface area contributed by atoms with Crippen molar-refractivity contribution in [1.82, 2.24) is 19.5 Å². The highest BCUT2D eigenvalue weighted by Crippen LogP contribution is 2.10. The number of aromatic nitrogens is 4. The molecule has 0 aliphatic carbocycles. The molecule has 0 fully saturated rings. The zero-order valence-corrected chi connectivity index (χ0v) is 11.8. The monoisotopic (exact) mass is 297 g/mol. The van der Waals surface area contributed by atoms with Gasteiger partial charge in [-0.15, -0.1) is 0 Å². The van der Waals surface area contributed by atoms with Crippen molar-refractivity contribution in [2.24, 2.45) is 0 Å². The zero-order chi connectivity index (χ0) is 15.5. The van der Waals surface area contributed by atoms with E-state index in [1.807, 2.05) is 18.2 Å². The first kappa shape index (κ1) is 14.0. The van der Waals surface area contributed by atoms with Gasteiger partial charge in [0, 0.05) is 18.5 Å². The number of imidazole rings is 1. The van der Waals surface area contributed by atoms with Gasteiger partial charge in [-0.25, -0.2) is 4.98 Å². The molecule has 1 aromatic carbocycles. The minimum Gasteiger partial charge on any atom is -0.369 e. The third-order valence-electron chi connectivity index (χ3n) is 3.40. The van der Waals surface area contributed by atoms with E-state index in [-0.39, 0.29) is 17.3 Å². The van der Waals surface area contributed by atoms with Gasteiger partial charge < -0.3 is 10.3 Å². The fourth-order valence-corrected chi connectivity index (χ4v) is 2.35. The number of rotatable bonds is 5. The van der Waals surface area contributed by atoms with E-state index in [4.69, 9.17) is 5.73 Å². The van der Waals surface area contributed by atoms with Crippen molar-refractivity contribution >= 4 is 22.9 Å². The molecule has 0 saturated heterocycles. The van der Waals surface area contributed by atoms with E-state index in [1.165, 1.54) is 0 Å². The number of nitrogens with zero attached hydrogens (tertiary/aromatic N) is 3. The van der Waals surface area contributed by atoms with Crippen LogP contribution in [0.25, 0.3) is 11.2 Å². The van der Waals surface area contributed by atoms with E-state index in [0.717, 1.165) is 0 Å². The summed E-state index contributed by atoms with van der Waals surface area (Å²) in [6, 6.07) is 9.15. The van der Waals surface area contributed by atoms with Crippen molar-refractivity contribution in [3.05, 3.63) is 52.6 Å². The van der Waals surface area contributed by atoms with Gasteiger partial charge in [-0.05, 0) is 6.42 Å². The van der Waals surface area contributed by atoms with Crippen LogP contribution < -0.4 is 11.3 Å². The number of benzene rings is 1. The third-order valence-corrected chi connectivity index (χ3v) is 3.40. The van der Waals surface area contributed by atoms with E-state index >= 15 is 0 Å². The quantitative estimate of drug-likeness (QED) is 0.692. The Morgan fingerprint density at radius 2 is 2.05 bits per heavy atom. The topological polar surface area (TPSA) is 107 Å². The van der Waals surface area contributed by atoms with Crippen molar-refractivity contribution in [3.8, 4) is 0 Å². The van der Waals surface area contributed by atoms with E-state index in [1.54, 1.807) is 23.0 Å². The molecule has 0 aliphatic heterocycles. The summed E-state index contributed by atoms with van der Waals surface area (Å²) in [5.74, 6) is 0.128. The smallest absolute Gasteiger partial charge is 0.278 e. The Labute approximate surface area is 125 Å². The number of nitrogens with two attached hydrogens (primary N) is 1. The Bertz CT molecular complexity index is 867. The lowest BCUT2D eigenvalue weighted by molar-refractivity contribution is 0.0978. The van der Waals surface area contributed by atoms with Crippen molar-refractivity contribution < 1.29 is 4.79 Å². The number of nitrogen functional groups attached to an aromatic ring is 1. The molecule has 7 heteroatoms. The maximum atomic E-state index is 12.0. The van der Waals surface area contributed by atoms with Crippen molar-refractivity contribution in [3.63, 3.8) is 0 Å². The molecule has 0 radical (unpaired) electrons. The third kappa shape index (κ3) is 2.73. The van der Waals surface area contributed by atoms with Crippen LogP contribution in [0.3, 0.4) is 0 Å². The second-order valence-electron chi connectivity index (χ2n) is 4.95. The molecule has 0 saturated carbocycles. The number of fused-ring (bicyclic) bond motifs is 1. The molecule has 3 rings (SSSR count). The van der Waals surface area contributed by atoms with Crippen molar-refractivity contribution in [1.29, 1.82) is 0 Å². The number of H-pyrrole nitrogens is 1. The molecule has 0 unspecified atom stereocenters. The fourth-order valence-electron chi connectivity index (χ4n) is 2.35. The molecule has 0 bridgehead atoms. The number of hydrogen-bond donors (Lipinski definition) is 2. The lowest BCUT2D eigenvalue weighted by Crippen LogP contribution is -2.14. The van der Waals surface area contributed by atoms with Crippen LogP contribution in [0.2, 0.25) is 0 Å². The average molecular weight is 297 g/mol. The summed E-state index contributed by atoms with van der Waals surface area (Å²) in [6.07, 6.45) is 2.56. The number of Topliss-reactive ketones (excluding diaryl/α,β-unsaturated/α-hetero) is 1. The first-order chi connectivity index (χ1) is 10.6. The van der Waals surface area contributed by atoms with Crippen LogP contribution in [0.15, 0.2) is 41.5 Å². The van der Waals surface area contributed by atoms with Crippen LogP contribution in [-0.2, 0) is 6.54 Å². The van der Waals surface area contributed by atoms with Gasteiger partial charge in [0.05, 0.1) is 6.33 Å². The second-order valence-corrected chi connectivity index (χ2v) is 4.95. The van der Waals surface area contributed by atoms with E-state index in [9.17, 15) is 9.59 Å². The second kappa shape index (κ2) is 5.80. The first-order valence-electron chi connectivity index (χ1n) is 6.94. The van der Waals surface area contributed by atoms with Gasteiger partial charge in [-0.1, -0.05) is 30.3 Å². The molecule has 2 aromatic heterocycles. The summed E-state index contributed by atoms with van der Waals surface area (Å²) < 4.78 is 1.69. The molecule has 0 atom stereocenters. The molecule has 2 heterocycles. The van der Waals surface area contributed by atoms with E-state index < -0.39 is 0 Å². The summed E-state index contributed by atoms with van der Waals surface area (Å²) >= 11 is 0. The minimum absolute atomic E-state index is 0.0435. The van der Waals surface area contributed by atoms with Gasteiger partial charge in [-0.3, -0.25) is 14.6 Å². The lowest BCUT2D eigenvalue weighted by Gasteiger charge is -2.04. The maximum absolute atomic E-state index is 12.0. The summed E-state index contributed by atoms with van der Waals surface area (Å²) in [7, 11) is 0. The van der Waals surface area contributed by atoms with Gasteiger partial charge >= 0.3 is 0 Å². The highest BCUT2D eigenvalue weighted by molar-refractivity contribution is 5.95. The maximum Gasteiger partial charge on any atom is 0.278 e. The Kier molecular flexibility index (Phi) is 3.69. The Morgan fingerprint density at radius 1 is 1.27 bits per heavy atom. The lowest BCUT2D eigenvalue weighted by atomic mass is 10.1. The Morgan fingerprint density at radius 3 is 2.82 bits per heavy atom. The summed E-state index contributed by atoms with van der Waals surface area (Å²) in [4.78, 5) is 34.4. The van der Waals surface area contributed by atoms with Crippen LogP contribution in [0.5, 0.6) is 0 Å². The largest absolute Gasteiger partial charge is 0.369 e. The summed E-state index contributed by atoms with van der Waals surface area (Å²) in [6.45, 7) is 0.518. The Balaban J connectivity index is 1.70. The number of nitrogens with one attached hydrogen (secondary N) is 1. The van der Waals surface area contributed by atoms with Crippen molar-refractivity contribution in [2.75, 3.05) is 5.73 Å². The SMILES string of the molecule is Nc1nc2ncn(CCCC(=O)c3ccccc3)c2c(=O)[nH]1. The van der Waals surface area contributed by atoms with Gasteiger partial charge in [0.2, 0.25) is 5.95 Å². The summed E-state index contributed by atoms with van der Waals surface area (Å²) in [5.41, 5.74) is 6.54. The zero-order valence-electron chi connectivity index (χ0n) is 11.8. The molecule has 3 aromatic rings. The standard InChI is InChI=1S/C15H15N5O2/c16-15-18-13-12(14(22)19-15)20(9-17-13)8-4-7-11(21)10-5-2-1-3-6-10/h1-3,5-6,9H,4,7-8H2,(H3,16,18,19,22). The van der Waals surface area contributed by atoms with Crippen LogP contribution in [0.4, 0.5) is 5.95 Å². The number of carbonyl (C=O) groups is 1. The van der Waals surface area contributed by atoms with E-state index in [0.29, 0.717) is 36.1 Å². The molecular weight excluding hydrogens is 282 g/mol. The van der Waals surface area contributed by atoms with Gasteiger partial charge in [-0.2, -0.15) is 4.98 Å². The number of carbonyl (C=O) groups excluding carboxylic acids is 1. The molecule has 0 aliphatic rings. The molecular formula is C15H15N5O2. The van der Waals surface area contributed by atoms with Crippen LogP contribution in [0, 0.1) is 0 Å². The highest BCUT2D eigenvalue weighted by atomic mass is 16.1. The number of anilines is 1. The van der Waals surface area contributed by atoms with Crippen LogP contribution in [0.1, 0.15) is 23.2 Å². The fraction of sp³-hybridized carbons (Fsp3) is 0.200. The van der Waals surface area contributed by atoms with E-state index in [2.05, 4.69) is 15.0 Å². The average Bonchev–Trinajstić information content (AvgIpc) is 2.91. The van der Waals surface area contributed by atoms with Crippen LogP contribution >= 0.6 is 0 Å². The predicted molar refractivity (Wildman–Crippen MR) is 82.6 cm³/mol. The Hall–Kier alpha value is -2.96.